The third-order valence-electron chi connectivity index (χ3n) is 6.30. The second-order valence-electron chi connectivity index (χ2n) is 10.7. The maximum absolute atomic E-state index is 13.6. The molecule has 13 heteroatoms. The van der Waals surface area contributed by atoms with Crippen LogP contribution in [0.3, 0.4) is 0 Å². The highest BCUT2D eigenvalue weighted by atomic mass is 19.3. The van der Waals surface area contributed by atoms with E-state index in [2.05, 4.69) is 44.5 Å². The van der Waals surface area contributed by atoms with Crippen LogP contribution in [0.15, 0.2) is 47.3 Å². The van der Waals surface area contributed by atoms with Crippen molar-refractivity contribution in [3.05, 3.63) is 60.0 Å². The van der Waals surface area contributed by atoms with E-state index in [1.165, 1.54) is 30.7 Å². The second-order valence-corrected chi connectivity index (χ2v) is 10.7. The number of urea groups is 1. The number of anilines is 2. The summed E-state index contributed by atoms with van der Waals surface area (Å²) in [5.41, 5.74) is 6.52. The molecule has 1 fully saturated rings. The number of fused-ring (bicyclic) bond motifs is 1. The van der Waals surface area contributed by atoms with Gasteiger partial charge < -0.3 is 35.7 Å². The monoisotopic (exact) mass is 676 g/mol. The van der Waals surface area contributed by atoms with Gasteiger partial charge in [-0.1, -0.05) is 61.5 Å². The minimum Gasteiger partial charge on any atom is -0.459 e. The molecule has 274 valence electrons. The van der Waals surface area contributed by atoms with Gasteiger partial charge >= 0.3 is 12.6 Å². The Balaban J connectivity index is -0.000000340. The molecule has 0 bridgehead atoms. The molecular formula is C34H64F3N7O3. The summed E-state index contributed by atoms with van der Waals surface area (Å²) in [7, 11) is 1.97. The first kappa shape index (κ1) is 43.2. The van der Waals surface area contributed by atoms with Crippen molar-refractivity contribution < 1.29 is 32.8 Å². The average Bonchev–Trinajstić information content (AvgIpc) is 3.35. The van der Waals surface area contributed by atoms with Crippen molar-refractivity contribution in [1.82, 2.24) is 20.6 Å². The molecule has 0 unspecified atom stereocenters. The molecule has 1 atom stereocenters. The minimum absolute atomic E-state index is 0. The third-order valence-corrected chi connectivity index (χ3v) is 6.30. The van der Waals surface area contributed by atoms with Crippen LogP contribution in [0.1, 0.15) is 85.4 Å². The summed E-state index contributed by atoms with van der Waals surface area (Å²) in [5.74, 6) is 1.35. The normalized spacial score (nSPS) is 13.0. The number of carbonyl (C=O) groups excluding carboxylic acids is 1. The first-order chi connectivity index (χ1) is 22.4. The molecular weight excluding hydrogens is 611 g/mol. The van der Waals surface area contributed by atoms with Crippen LogP contribution in [0.25, 0.3) is 11.0 Å². The van der Waals surface area contributed by atoms with Crippen molar-refractivity contribution in [2.24, 2.45) is 17.6 Å². The van der Waals surface area contributed by atoms with Gasteiger partial charge in [0.05, 0.1) is 30.2 Å². The van der Waals surface area contributed by atoms with Crippen LogP contribution in [0.2, 0.25) is 0 Å². The van der Waals surface area contributed by atoms with Crippen molar-refractivity contribution in [2.75, 3.05) is 36.9 Å². The molecule has 0 saturated carbocycles. The summed E-state index contributed by atoms with van der Waals surface area (Å²) in [4.78, 5) is 22.7. The van der Waals surface area contributed by atoms with Crippen molar-refractivity contribution in [2.45, 2.75) is 88.0 Å². The van der Waals surface area contributed by atoms with E-state index in [9.17, 15) is 18.0 Å². The molecule has 1 aliphatic heterocycles. The number of aryl methyl sites for hydroxylation is 1. The first-order valence-electron chi connectivity index (χ1n) is 16.1. The van der Waals surface area contributed by atoms with E-state index in [0.717, 1.165) is 18.0 Å². The number of halogens is 3. The van der Waals surface area contributed by atoms with Gasteiger partial charge in [0.25, 0.3) is 0 Å². The highest BCUT2D eigenvalue weighted by Gasteiger charge is 2.31. The summed E-state index contributed by atoms with van der Waals surface area (Å²) in [6.07, 6.45) is 5.59. The largest absolute Gasteiger partial charge is 0.459 e. The third kappa shape index (κ3) is 15.1. The number of nitrogens with two attached hydrogens (primary N) is 1. The van der Waals surface area contributed by atoms with E-state index in [1.807, 2.05) is 62.4 Å². The van der Waals surface area contributed by atoms with E-state index < -0.39 is 24.8 Å². The second kappa shape index (κ2) is 23.5. The highest BCUT2D eigenvalue weighted by Crippen LogP contribution is 2.33. The molecule has 10 nitrogen and oxygen atoms in total. The van der Waals surface area contributed by atoms with Gasteiger partial charge in [0, 0.05) is 29.7 Å². The summed E-state index contributed by atoms with van der Waals surface area (Å²) < 4.78 is 48.4. The molecule has 0 spiro atoms. The predicted molar refractivity (Wildman–Crippen MR) is 195 cm³/mol. The highest BCUT2D eigenvalue weighted by molar-refractivity contribution is 5.89. The molecule has 1 aromatic carbocycles. The van der Waals surface area contributed by atoms with Crippen LogP contribution in [-0.2, 0) is 4.74 Å². The molecule has 2 aromatic heterocycles. The molecule has 1 saturated heterocycles. The number of rotatable bonds is 9. The summed E-state index contributed by atoms with van der Waals surface area (Å²) >= 11 is 0. The predicted octanol–water partition coefficient (Wildman–Crippen LogP) is 8.99. The first-order valence-corrected chi connectivity index (χ1v) is 16.1. The Kier molecular flexibility index (Phi) is 21.6. The smallest absolute Gasteiger partial charge is 0.345 e. The molecule has 47 heavy (non-hydrogen) atoms. The van der Waals surface area contributed by atoms with Gasteiger partial charge in [-0.3, -0.25) is 0 Å². The lowest BCUT2D eigenvalue weighted by atomic mass is 9.98. The molecule has 2 amide bonds. The topological polar surface area (TPSA) is 131 Å². The zero-order valence-electron chi connectivity index (χ0n) is 29.8. The fraction of sp³-hybridized carbons (Fsp3) is 0.559. The Bertz CT molecular complexity index is 1310. The van der Waals surface area contributed by atoms with Crippen LogP contribution in [0, 0.1) is 24.6 Å². The molecule has 0 radical (unpaired) electrons. The molecule has 1 aliphatic rings. The summed E-state index contributed by atoms with van der Waals surface area (Å²) in [6, 6.07) is 3.37. The molecule has 3 heterocycles. The Hall–Kier alpha value is -3.84. The van der Waals surface area contributed by atoms with Crippen molar-refractivity contribution >= 4 is 28.6 Å². The number of allylic oxidation sites excluding steroid dienone is 1. The fourth-order valence-corrected chi connectivity index (χ4v) is 4.14. The SMILES string of the molecule is C/C=C/N.CC.CC.CNCC(C)C.Cc1c([C@H](NC(=O)Nc2cnc(N3CC(OC(F)F)C3)nc2)C(C)C)oc2ccc(F)cc12.[HH].[HH].[HH].[HH]. The number of nitrogens with zero attached hydrogens (tertiary/aromatic N) is 3. The van der Waals surface area contributed by atoms with Crippen LogP contribution in [0.4, 0.5) is 29.6 Å². The van der Waals surface area contributed by atoms with E-state index in [1.54, 1.807) is 17.0 Å². The summed E-state index contributed by atoms with van der Waals surface area (Å²) in [6.45, 7) is 18.8. The van der Waals surface area contributed by atoms with Crippen molar-refractivity contribution in [3.63, 3.8) is 0 Å². The van der Waals surface area contributed by atoms with Gasteiger partial charge in [0.2, 0.25) is 5.95 Å². The zero-order valence-corrected chi connectivity index (χ0v) is 29.8. The number of furan rings is 1. The Morgan fingerprint density at radius 1 is 1.15 bits per heavy atom. The van der Waals surface area contributed by atoms with E-state index in [4.69, 9.17) is 10.2 Å². The average molecular weight is 676 g/mol. The standard InChI is InChI=1S/C22H24F3N5O3.C5H13N.C3H7N.2C2H6.4H2/c1-11(2)18(19-12(3)16-6-13(23)4-5-17(16)33-19)29-22(31)28-14-7-26-21(27-8-14)30-9-15(10-30)32-20(24)25;1-5(2)4-6-3;1-2-3-4;2*1-2;;;;/h4-8,11,15,18,20H,9-10H2,1-3H3,(H2,28,29,31);5-6H,4H2,1-3H3;2-3H,4H2,1H3;2*1-2H3;4*1H/b;;3-2+;;;;;;/t18-;;;;;;;;/m1......../s1. The fourth-order valence-electron chi connectivity index (χ4n) is 4.14. The number of ether oxygens (including phenoxy) is 1. The number of nitrogens with one attached hydrogen (secondary N) is 3. The molecule has 5 N–H and O–H groups in total. The van der Waals surface area contributed by atoms with Crippen molar-refractivity contribution in [1.29, 1.82) is 0 Å². The Morgan fingerprint density at radius 2 is 1.72 bits per heavy atom. The van der Waals surface area contributed by atoms with Crippen LogP contribution in [0.5, 0.6) is 0 Å². The lowest BCUT2D eigenvalue weighted by molar-refractivity contribution is -0.167. The van der Waals surface area contributed by atoms with Gasteiger partial charge in [-0.05, 0) is 63.7 Å². The number of amides is 2. The van der Waals surface area contributed by atoms with Crippen LogP contribution >= 0.6 is 0 Å². The van der Waals surface area contributed by atoms with Crippen molar-refractivity contribution in [3.8, 4) is 0 Å². The maximum atomic E-state index is 13.6. The summed E-state index contributed by atoms with van der Waals surface area (Å²) in [5, 5.41) is 9.30. The number of aromatic nitrogens is 2. The lowest BCUT2D eigenvalue weighted by Gasteiger charge is -2.38. The number of hydrogen-bond acceptors (Lipinski definition) is 8. The number of carbonyl (C=O) groups is 1. The van der Waals surface area contributed by atoms with Gasteiger partial charge in [-0.25, -0.2) is 19.2 Å². The lowest BCUT2D eigenvalue weighted by Crippen LogP contribution is -2.53. The number of benzene rings is 1. The Morgan fingerprint density at radius 3 is 2.17 bits per heavy atom. The number of alkyl halides is 2. The molecule has 4 rings (SSSR count). The Labute approximate surface area is 284 Å². The maximum Gasteiger partial charge on any atom is 0.345 e. The van der Waals surface area contributed by atoms with Crippen LogP contribution in [-0.4, -0.2) is 55.4 Å². The van der Waals surface area contributed by atoms with Gasteiger partial charge in [0.1, 0.15) is 17.2 Å². The van der Waals surface area contributed by atoms with Gasteiger partial charge in [-0.2, -0.15) is 8.78 Å². The van der Waals surface area contributed by atoms with E-state index >= 15 is 0 Å². The number of hydrogen-bond donors (Lipinski definition) is 4. The van der Waals surface area contributed by atoms with Gasteiger partial charge in [-0.15, -0.1) is 0 Å². The minimum atomic E-state index is -2.80. The van der Waals surface area contributed by atoms with Gasteiger partial charge in [0.15, 0.2) is 0 Å². The molecule has 3 aromatic rings. The van der Waals surface area contributed by atoms with E-state index in [0.29, 0.717) is 28.4 Å². The quantitative estimate of drug-likeness (QED) is 0.177. The van der Waals surface area contributed by atoms with E-state index in [-0.39, 0.29) is 30.5 Å². The molecule has 0 aliphatic carbocycles. The van der Waals surface area contributed by atoms with Crippen LogP contribution < -0.4 is 26.6 Å². The zero-order chi connectivity index (χ0) is 36.1.